The summed E-state index contributed by atoms with van der Waals surface area (Å²) in [5.41, 5.74) is 7.33. The number of halogens is 1. The molecule has 5 nitrogen and oxygen atoms in total. The number of carbonyl (C=O) groups is 1. The van der Waals surface area contributed by atoms with Gasteiger partial charge in [0.15, 0.2) is 0 Å². The van der Waals surface area contributed by atoms with Gasteiger partial charge in [0.2, 0.25) is 5.91 Å². The van der Waals surface area contributed by atoms with Crippen molar-refractivity contribution in [3.63, 3.8) is 0 Å². The van der Waals surface area contributed by atoms with Crippen molar-refractivity contribution in [2.45, 2.75) is 13.5 Å². The minimum Gasteiger partial charge on any atom is -0.469 e. The number of nitrogen functional groups attached to an aromatic ring is 1. The van der Waals surface area contributed by atoms with Crippen LogP contribution in [-0.2, 0) is 11.3 Å². The van der Waals surface area contributed by atoms with Crippen LogP contribution >= 0.6 is 0 Å². The Kier molecular flexibility index (Phi) is 4.59. The number of hydrogen-bond acceptors (Lipinski definition) is 4. The predicted octanol–water partition coefficient (Wildman–Crippen LogP) is 2.38. The number of amides is 1. The van der Waals surface area contributed by atoms with Gasteiger partial charge in [-0.1, -0.05) is 0 Å². The highest BCUT2D eigenvalue weighted by molar-refractivity contribution is 5.95. The van der Waals surface area contributed by atoms with E-state index in [0.717, 1.165) is 11.3 Å². The molecule has 0 atom stereocenters. The Bertz CT molecular complexity index is 640. The van der Waals surface area contributed by atoms with Crippen LogP contribution < -0.4 is 11.1 Å². The highest BCUT2D eigenvalue weighted by Gasteiger charge is 2.11. The van der Waals surface area contributed by atoms with Crippen LogP contribution in [0.2, 0.25) is 0 Å². The molecule has 6 heteroatoms. The van der Waals surface area contributed by atoms with Gasteiger partial charge in [-0.25, -0.2) is 4.39 Å². The molecule has 21 heavy (non-hydrogen) atoms. The molecule has 1 amide bonds. The molecular weight excluding hydrogens is 273 g/mol. The molecule has 0 unspecified atom stereocenters. The molecule has 1 aromatic heterocycles. The van der Waals surface area contributed by atoms with Gasteiger partial charge in [-0.05, 0) is 38.2 Å². The Labute approximate surface area is 122 Å². The van der Waals surface area contributed by atoms with E-state index in [9.17, 15) is 9.18 Å². The van der Waals surface area contributed by atoms with Gasteiger partial charge >= 0.3 is 0 Å². The quantitative estimate of drug-likeness (QED) is 0.830. The highest BCUT2D eigenvalue weighted by atomic mass is 19.1. The third-order valence-corrected chi connectivity index (χ3v) is 3.11. The minimum absolute atomic E-state index is 0.167. The van der Waals surface area contributed by atoms with Gasteiger partial charge in [-0.15, -0.1) is 0 Å². The Morgan fingerprint density at radius 3 is 2.86 bits per heavy atom. The molecule has 2 aromatic rings. The molecule has 112 valence electrons. The van der Waals surface area contributed by atoms with Crippen LogP contribution in [0.3, 0.4) is 0 Å². The number of hydrogen-bond donors (Lipinski definition) is 2. The summed E-state index contributed by atoms with van der Waals surface area (Å²) in [6.07, 6.45) is 1.62. The summed E-state index contributed by atoms with van der Waals surface area (Å²) < 4.78 is 18.3. The lowest BCUT2D eigenvalue weighted by Crippen LogP contribution is -2.30. The summed E-state index contributed by atoms with van der Waals surface area (Å²) in [5.74, 6) is 0.134. The molecule has 0 aliphatic carbocycles. The number of aryl methyl sites for hydroxylation is 1. The first-order valence-electron chi connectivity index (χ1n) is 6.52. The number of likely N-dealkylation sites (N-methyl/N-ethyl adjacent to an activating group) is 1. The van der Waals surface area contributed by atoms with Crippen LogP contribution in [0.1, 0.15) is 11.3 Å². The zero-order valence-corrected chi connectivity index (χ0v) is 12.0. The fourth-order valence-electron chi connectivity index (χ4n) is 1.99. The number of anilines is 2. The SMILES string of the molecule is Cc1occc1CN(C)CC(=O)Nc1cc(F)ccc1N. The lowest BCUT2D eigenvalue weighted by molar-refractivity contribution is -0.117. The highest BCUT2D eigenvalue weighted by Crippen LogP contribution is 2.19. The number of nitrogens with one attached hydrogen (secondary N) is 1. The second-order valence-electron chi connectivity index (χ2n) is 4.95. The molecule has 0 bridgehead atoms. The van der Waals surface area contributed by atoms with Gasteiger partial charge in [0.1, 0.15) is 11.6 Å². The molecule has 0 fully saturated rings. The Morgan fingerprint density at radius 1 is 1.43 bits per heavy atom. The molecule has 0 saturated heterocycles. The van der Waals surface area contributed by atoms with E-state index in [1.807, 2.05) is 24.9 Å². The van der Waals surface area contributed by atoms with E-state index in [0.29, 0.717) is 12.2 Å². The minimum atomic E-state index is -0.443. The largest absolute Gasteiger partial charge is 0.469 e. The third kappa shape index (κ3) is 4.06. The first-order valence-corrected chi connectivity index (χ1v) is 6.52. The molecule has 0 aliphatic heterocycles. The second kappa shape index (κ2) is 6.41. The molecule has 0 saturated carbocycles. The zero-order chi connectivity index (χ0) is 15.4. The maximum absolute atomic E-state index is 13.1. The van der Waals surface area contributed by atoms with E-state index in [1.165, 1.54) is 18.2 Å². The van der Waals surface area contributed by atoms with E-state index < -0.39 is 5.82 Å². The molecule has 2 rings (SSSR count). The van der Waals surface area contributed by atoms with Gasteiger partial charge < -0.3 is 15.5 Å². The topological polar surface area (TPSA) is 71.5 Å². The van der Waals surface area contributed by atoms with E-state index in [4.69, 9.17) is 10.2 Å². The predicted molar refractivity (Wildman–Crippen MR) is 79.2 cm³/mol. The molecule has 0 spiro atoms. The molecule has 1 heterocycles. The Morgan fingerprint density at radius 2 is 2.19 bits per heavy atom. The van der Waals surface area contributed by atoms with Gasteiger partial charge in [-0.3, -0.25) is 9.69 Å². The molecule has 1 aromatic carbocycles. The summed E-state index contributed by atoms with van der Waals surface area (Å²) in [4.78, 5) is 13.8. The molecule has 0 aliphatic rings. The normalized spacial score (nSPS) is 10.9. The first-order chi connectivity index (χ1) is 9.95. The van der Waals surface area contributed by atoms with Crippen LogP contribution in [0.4, 0.5) is 15.8 Å². The number of rotatable bonds is 5. The average Bonchev–Trinajstić information content (AvgIpc) is 2.79. The van der Waals surface area contributed by atoms with Crippen LogP contribution in [-0.4, -0.2) is 24.4 Å². The zero-order valence-electron chi connectivity index (χ0n) is 12.0. The molecule has 3 N–H and O–H groups in total. The van der Waals surface area contributed by atoms with E-state index in [2.05, 4.69) is 5.32 Å². The third-order valence-electron chi connectivity index (χ3n) is 3.11. The van der Waals surface area contributed by atoms with Crippen molar-refractivity contribution in [3.8, 4) is 0 Å². The van der Waals surface area contributed by atoms with E-state index >= 15 is 0 Å². The standard InChI is InChI=1S/C15H18FN3O2/c1-10-11(5-6-21-10)8-19(2)9-15(20)18-14-7-12(16)3-4-13(14)17/h3-7H,8-9,17H2,1-2H3,(H,18,20). The van der Waals surface area contributed by atoms with Crippen LogP contribution in [0.15, 0.2) is 34.9 Å². The fourth-order valence-corrected chi connectivity index (χ4v) is 1.99. The van der Waals surface area contributed by atoms with Gasteiger partial charge in [0, 0.05) is 12.1 Å². The maximum atomic E-state index is 13.1. The fraction of sp³-hybridized carbons (Fsp3) is 0.267. The summed E-state index contributed by atoms with van der Waals surface area (Å²) in [6, 6.07) is 5.74. The van der Waals surface area contributed by atoms with Crippen molar-refractivity contribution < 1.29 is 13.6 Å². The lowest BCUT2D eigenvalue weighted by Gasteiger charge is -2.16. The van der Waals surface area contributed by atoms with Crippen molar-refractivity contribution >= 4 is 17.3 Å². The van der Waals surface area contributed by atoms with Crippen LogP contribution in [0.5, 0.6) is 0 Å². The smallest absolute Gasteiger partial charge is 0.238 e. The molecular formula is C15H18FN3O2. The monoisotopic (exact) mass is 291 g/mol. The lowest BCUT2D eigenvalue weighted by atomic mass is 10.2. The van der Waals surface area contributed by atoms with Crippen molar-refractivity contribution in [3.05, 3.63) is 47.7 Å². The summed E-state index contributed by atoms with van der Waals surface area (Å²) in [7, 11) is 1.82. The van der Waals surface area contributed by atoms with Gasteiger partial charge in [0.05, 0.1) is 24.2 Å². The summed E-state index contributed by atoms with van der Waals surface area (Å²) in [5, 5.41) is 2.61. The number of benzene rings is 1. The number of furan rings is 1. The number of nitrogens with two attached hydrogens (primary N) is 1. The van der Waals surface area contributed by atoms with Crippen molar-refractivity contribution in [1.29, 1.82) is 0 Å². The first kappa shape index (κ1) is 15.1. The van der Waals surface area contributed by atoms with Crippen molar-refractivity contribution in [2.75, 3.05) is 24.6 Å². The summed E-state index contributed by atoms with van der Waals surface area (Å²) >= 11 is 0. The second-order valence-corrected chi connectivity index (χ2v) is 4.95. The number of nitrogens with zero attached hydrogens (tertiary/aromatic N) is 1. The Balaban J connectivity index is 1.92. The van der Waals surface area contributed by atoms with Crippen LogP contribution in [0, 0.1) is 12.7 Å². The maximum Gasteiger partial charge on any atom is 0.238 e. The van der Waals surface area contributed by atoms with E-state index in [-0.39, 0.29) is 18.1 Å². The van der Waals surface area contributed by atoms with Crippen molar-refractivity contribution in [1.82, 2.24) is 4.90 Å². The van der Waals surface area contributed by atoms with Crippen molar-refractivity contribution in [2.24, 2.45) is 0 Å². The average molecular weight is 291 g/mol. The summed E-state index contributed by atoms with van der Waals surface area (Å²) in [6.45, 7) is 2.63. The molecule has 0 radical (unpaired) electrons. The number of carbonyl (C=O) groups excluding carboxylic acids is 1. The van der Waals surface area contributed by atoms with E-state index in [1.54, 1.807) is 6.26 Å². The van der Waals surface area contributed by atoms with Crippen LogP contribution in [0.25, 0.3) is 0 Å². The Hall–Kier alpha value is -2.34. The van der Waals surface area contributed by atoms with Gasteiger partial charge in [0.25, 0.3) is 0 Å². The van der Waals surface area contributed by atoms with Gasteiger partial charge in [-0.2, -0.15) is 0 Å².